The van der Waals surface area contributed by atoms with Crippen LogP contribution in [0.15, 0.2) is 50.8 Å². The van der Waals surface area contributed by atoms with Crippen molar-refractivity contribution in [1.29, 1.82) is 0 Å². The number of hydrogen-bond acceptors (Lipinski definition) is 5. The van der Waals surface area contributed by atoms with Crippen molar-refractivity contribution in [3.8, 4) is 0 Å². The highest BCUT2D eigenvalue weighted by Gasteiger charge is 2.18. The Morgan fingerprint density at radius 3 is 2.86 bits per heavy atom. The number of hydrogen-bond donors (Lipinski definition) is 2. The third kappa shape index (κ3) is 2.63. The maximum absolute atomic E-state index is 12.2. The molecule has 0 atom stereocenters. The van der Waals surface area contributed by atoms with E-state index < -0.39 is 15.8 Å². The van der Waals surface area contributed by atoms with Crippen LogP contribution in [0.25, 0.3) is 11.1 Å². The number of aromatic amines is 1. The van der Waals surface area contributed by atoms with Crippen molar-refractivity contribution >= 4 is 38.4 Å². The minimum Gasteiger partial charge on any atom is -0.408 e. The van der Waals surface area contributed by atoms with Crippen molar-refractivity contribution in [3.05, 3.63) is 52.2 Å². The molecule has 0 saturated carbocycles. The zero-order chi connectivity index (χ0) is 15.0. The average molecular weight is 326 g/mol. The van der Waals surface area contributed by atoms with Crippen molar-refractivity contribution in [2.45, 2.75) is 4.90 Å². The largest absolute Gasteiger partial charge is 0.417 e. The van der Waals surface area contributed by atoms with Gasteiger partial charge in [-0.2, -0.15) is 0 Å². The van der Waals surface area contributed by atoms with Crippen molar-refractivity contribution < 1.29 is 12.8 Å². The van der Waals surface area contributed by atoms with Crippen LogP contribution in [0, 0.1) is 0 Å². The molecule has 9 heteroatoms. The number of fused-ring (bicyclic) bond motifs is 1. The molecule has 0 bridgehead atoms. The van der Waals surface area contributed by atoms with E-state index in [1.807, 2.05) is 0 Å². The summed E-state index contributed by atoms with van der Waals surface area (Å²) in [5.41, 5.74) is 0.985. The fourth-order valence-corrected chi connectivity index (χ4v) is 3.27. The highest BCUT2D eigenvalue weighted by atomic mass is 35.5. The predicted molar refractivity (Wildman–Crippen MR) is 76.9 cm³/mol. The summed E-state index contributed by atoms with van der Waals surface area (Å²) < 4.78 is 31.7. The lowest BCUT2D eigenvalue weighted by Crippen LogP contribution is -2.13. The van der Waals surface area contributed by atoms with E-state index in [-0.39, 0.29) is 15.6 Å². The van der Waals surface area contributed by atoms with E-state index in [0.717, 1.165) is 6.20 Å². The van der Waals surface area contributed by atoms with E-state index in [4.69, 9.17) is 16.0 Å². The van der Waals surface area contributed by atoms with Gasteiger partial charge in [0, 0.05) is 12.4 Å². The first-order valence-corrected chi connectivity index (χ1v) is 7.57. The number of benzene rings is 1. The molecule has 0 saturated heterocycles. The van der Waals surface area contributed by atoms with Crippen LogP contribution in [0.2, 0.25) is 5.02 Å². The molecule has 0 spiro atoms. The van der Waals surface area contributed by atoms with E-state index in [9.17, 15) is 13.2 Å². The van der Waals surface area contributed by atoms with Gasteiger partial charge in [-0.25, -0.2) is 13.2 Å². The molecule has 0 aliphatic rings. The Morgan fingerprint density at radius 1 is 1.29 bits per heavy atom. The first kappa shape index (κ1) is 13.7. The van der Waals surface area contributed by atoms with E-state index in [1.54, 1.807) is 0 Å². The molecule has 0 radical (unpaired) electrons. The van der Waals surface area contributed by atoms with E-state index >= 15 is 0 Å². The Labute approximate surface area is 123 Å². The van der Waals surface area contributed by atoms with Crippen molar-refractivity contribution in [2.24, 2.45) is 0 Å². The third-order valence-corrected chi connectivity index (χ3v) is 4.55. The van der Waals surface area contributed by atoms with Crippen LogP contribution in [0.3, 0.4) is 0 Å². The van der Waals surface area contributed by atoms with E-state index in [0.29, 0.717) is 11.1 Å². The van der Waals surface area contributed by atoms with Gasteiger partial charge in [-0.05, 0) is 24.3 Å². The topological polar surface area (TPSA) is 105 Å². The number of H-pyrrole nitrogens is 1. The van der Waals surface area contributed by atoms with Gasteiger partial charge in [-0.15, -0.1) is 0 Å². The number of nitrogens with one attached hydrogen (secondary N) is 2. The first-order valence-electron chi connectivity index (χ1n) is 5.71. The van der Waals surface area contributed by atoms with Gasteiger partial charge in [0.05, 0.1) is 16.2 Å². The highest BCUT2D eigenvalue weighted by molar-refractivity contribution is 7.92. The molecular formula is C12H8ClN3O4S. The first-order chi connectivity index (χ1) is 9.95. The molecule has 0 aliphatic carbocycles. The summed E-state index contributed by atoms with van der Waals surface area (Å²) in [5.74, 6) is -0.611. The molecule has 0 fully saturated rings. The van der Waals surface area contributed by atoms with E-state index in [1.165, 1.54) is 30.5 Å². The van der Waals surface area contributed by atoms with Crippen molar-refractivity contribution in [1.82, 2.24) is 9.97 Å². The molecule has 2 N–H and O–H groups in total. The van der Waals surface area contributed by atoms with Gasteiger partial charge in [0.25, 0.3) is 10.0 Å². The number of aromatic nitrogens is 2. The molecule has 21 heavy (non-hydrogen) atoms. The minimum atomic E-state index is -3.87. The molecule has 0 unspecified atom stereocenters. The Balaban J connectivity index is 2.01. The minimum absolute atomic E-state index is 0.0651. The number of halogens is 1. The fourth-order valence-electron chi connectivity index (χ4n) is 1.79. The van der Waals surface area contributed by atoms with Crippen molar-refractivity contribution in [3.63, 3.8) is 0 Å². The van der Waals surface area contributed by atoms with Crippen LogP contribution in [-0.2, 0) is 10.0 Å². The summed E-state index contributed by atoms with van der Waals surface area (Å²) in [5, 5.41) is 0.0651. The Bertz CT molecular complexity index is 977. The molecule has 108 valence electrons. The van der Waals surface area contributed by atoms with Gasteiger partial charge in [0.1, 0.15) is 4.90 Å². The van der Waals surface area contributed by atoms with Crippen molar-refractivity contribution in [2.75, 3.05) is 4.72 Å². The van der Waals surface area contributed by atoms with Gasteiger partial charge < -0.3 is 4.42 Å². The summed E-state index contributed by atoms with van der Waals surface area (Å²) in [6.45, 7) is 0. The molecule has 3 rings (SSSR count). The molecule has 2 aromatic heterocycles. The van der Waals surface area contributed by atoms with Crippen LogP contribution in [0.4, 0.5) is 5.69 Å². The summed E-state index contributed by atoms with van der Waals surface area (Å²) in [6.07, 6.45) is 2.55. The Morgan fingerprint density at radius 2 is 2.10 bits per heavy atom. The number of sulfonamides is 1. The quantitative estimate of drug-likeness (QED) is 0.766. The van der Waals surface area contributed by atoms with Gasteiger partial charge in [-0.3, -0.25) is 14.7 Å². The highest BCUT2D eigenvalue weighted by Crippen LogP contribution is 2.23. The summed E-state index contributed by atoms with van der Waals surface area (Å²) in [7, 11) is -3.87. The lowest BCUT2D eigenvalue weighted by atomic mass is 10.3. The third-order valence-electron chi connectivity index (χ3n) is 2.69. The monoisotopic (exact) mass is 325 g/mol. The molecule has 0 aliphatic heterocycles. The number of nitrogens with zero attached hydrogens (tertiary/aromatic N) is 1. The summed E-state index contributed by atoms with van der Waals surface area (Å²) in [4.78, 5) is 17.1. The van der Waals surface area contributed by atoms with Gasteiger partial charge in [0.15, 0.2) is 5.58 Å². The number of pyridine rings is 1. The summed E-state index contributed by atoms with van der Waals surface area (Å²) >= 11 is 5.85. The Kier molecular flexibility index (Phi) is 3.19. The lowest BCUT2D eigenvalue weighted by molar-refractivity contribution is 0.555. The van der Waals surface area contributed by atoms with E-state index in [2.05, 4.69) is 14.7 Å². The second-order valence-corrected chi connectivity index (χ2v) is 6.20. The van der Waals surface area contributed by atoms with Crippen LogP contribution in [0.5, 0.6) is 0 Å². The van der Waals surface area contributed by atoms with Gasteiger partial charge in [0.2, 0.25) is 0 Å². The second kappa shape index (κ2) is 4.90. The predicted octanol–water partition coefficient (Wildman–Crippen LogP) is 1.97. The molecular weight excluding hydrogens is 318 g/mol. The smallest absolute Gasteiger partial charge is 0.408 e. The second-order valence-electron chi connectivity index (χ2n) is 4.14. The zero-order valence-corrected chi connectivity index (χ0v) is 11.9. The molecule has 3 aromatic rings. The zero-order valence-electron chi connectivity index (χ0n) is 10.3. The van der Waals surface area contributed by atoms with Crippen LogP contribution >= 0.6 is 11.6 Å². The Hall–Kier alpha value is -2.32. The van der Waals surface area contributed by atoms with Crippen LogP contribution in [-0.4, -0.2) is 18.4 Å². The lowest BCUT2D eigenvalue weighted by Gasteiger charge is -2.08. The molecule has 2 heterocycles. The molecule has 7 nitrogen and oxygen atoms in total. The van der Waals surface area contributed by atoms with Crippen LogP contribution in [0.1, 0.15) is 0 Å². The average Bonchev–Trinajstić information content (AvgIpc) is 2.78. The molecule has 1 aromatic carbocycles. The maximum atomic E-state index is 12.2. The van der Waals surface area contributed by atoms with Gasteiger partial charge in [-0.1, -0.05) is 11.6 Å². The SMILES string of the molecule is O=c1[nH]c2cc(NS(=O)(=O)c3cnccc3Cl)ccc2o1. The maximum Gasteiger partial charge on any atom is 0.417 e. The standard InChI is InChI=1S/C12H8ClN3O4S/c13-8-3-4-14-6-11(8)21(18,19)16-7-1-2-10-9(5-7)15-12(17)20-10/h1-6,16H,(H,15,17). The number of oxazole rings is 1. The normalized spacial score (nSPS) is 11.7. The number of rotatable bonds is 3. The van der Waals surface area contributed by atoms with Gasteiger partial charge >= 0.3 is 5.76 Å². The fraction of sp³-hybridized carbons (Fsp3) is 0. The van der Waals surface area contributed by atoms with Crippen LogP contribution < -0.4 is 10.5 Å². The summed E-state index contributed by atoms with van der Waals surface area (Å²) in [6, 6.07) is 5.78. The molecule has 0 amide bonds. The number of anilines is 1.